The Bertz CT molecular complexity index is 495. The lowest BCUT2D eigenvalue weighted by Gasteiger charge is -2.21. The van der Waals surface area contributed by atoms with E-state index in [1.807, 2.05) is 6.07 Å². The number of rotatable bonds is 2. The molecule has 2 nitrogen and oxygen atoms in total. The van der Waals surface area contributed by atoms with Crippen LogP contribution in [0.1, 0.15) is 27.2 Å². The Balaban J connectivity index is 1.97. The van der Waals surface area contributed by atoms with Crippen LogP contribution in [0.5, 0.6) is 0 Å². The predicted octanol–water partition coefficient (Wildman–Crippen LogP) is 5.31. The molecule has 1 aliphatic rings. The molecule has 1 atom stereocenters. The van der Waals surface area contributed by atoms with Gasteiger partial charge in [-0.3, -0.25) is 4.99 Å². The van der Waals surface area contributed by atoms with Crippen LogP contribution >= 0.6 is 35.0 Å². The third-order valence-electron chi connectivity index (χ3n) is 2.73. The van der Waals surface area contributed by atoms with Crippen molar-refractivity contribution in [2.45, 2.75) is 32.4 Å². The zero-order chi connectivity index (χ0) is 14.0. The van der Waals surface area contributed by atoms with E-state index >= 15 is 0 Å². The quantitative estimate of drug-likeness (QED) is 0.799. The molecule has 0 aliphatic carbocycles. The Labute approximate surface area is 129 Å². The van der Waals surface area contributed by atoms with Crippen LogP contribution in [0.3, 0.4) is 0 Å². The third kappa shape index (κ3) is 4.59. The molecular weight excluding hydrogens is 299 g/mol. The first-order chi connectivity index (χ1) is 8.83. The summed E-state index contributed by atoms with van der Waals surface area (Å²) in [6.45, 7) is 7.63. The van der Waals surface area contributed by atoms with Crippen molar-refractivity contribution in [1.82, 2.24) is 0 Å². The minimum Gasteiger partial charge on any atom is -0.334 e. The van der Waals surface area contributed by atoms with E-state index in [1.54, 1.807) is 23.9 Å². The molecule has 0 spiro atoms. The fourth-order valence-corrected chi connectivity index (χ4v) is 3.69. The second-order valence-corrected chi connectivity index (χ2v) is 8.03. The maximum absolute atomic E-state index is 6.13. The van der Waals surface area contributed by atoms with Crippen molar-refractivity contribution >= 4 is 45.8 Å². The zero-order valence-corrected chi connectivity index (χ0v) is 13.7. The predicted molar refractivity (Wildman–Crippen MR) is 87.8 cm³/mol. The maximum atomic E-state index is 6.13. The highest BCUT2D eigenvalue weighted by Crippen LogP contribution is 2.33. The van der Waals surface area contributed by atoms with Gasteiger partial charge in [0.2, 0.25) is 0 Å². The fourth-order valence-electron chi connectivity index (χ4n) is 1.98. The molecule has 0 bridgehead atoms. The molecule has 0 saturated heterocycles. The molecule has 1 heterocycles. The summed E-state index contributed by atoms with van der Waals surface area (Å²) >= 11 is 13.9. The minimum atomic E-state index is 0.330. The number of nitrogens with one attached hydrogen (secondary N) is 1. The molecule has 0 saturated carbocycles. The topological polar surface area (TPSA) is 24.4 Å². The van der Waals surface area contributed by atoms with Gasteiger partial charge in [0.05, 0.1) is 17.3 Å². The van der Waals surface area contributed by atoms with Crippen LogP contribution in [-0.2, 0) is 0 Å². The molecule has 1 aromatic rings. The lowest BCUT2D eigenvalue weighted by atomic mass is 9.90. The van der Waals surface area contributed by atoms with Crippen LogP contribution in [0, 0.1) is 5.41 Å². The molecule has 5 heteroatoms. The Morgan fingerprint density at radius 2 is 2.11 bits per heavy atom. The first-order valence-corrected chi connectivity index (χ1v) is 7.90. The van der Waals surface area contributed by atoms with Crippen LogP contribution in [0.2, 0.25) is 10.0 Å². The second kappa shape index (κ2) is 5.94. The normalized spacial score (nSPS) is 19.4. The average Bonchev–Trinajstić information content (AvgIpc) is 2.68. The number of hydrogen-bond acceptors (Lipinski definition) is 3. The summed E-state index contributed by atoms with van der Waals surface area (Å²) < 4.78 is 0. The SMILES string of the molecule is CC(C)(C)CC1CN=C(Nc2cc(Cl)ccc2Cl)S1. The molecule has 1 aromatic carbocycles. The lowest BCUT2D eigenvalue weighted by Crippen LogP contribution is -2.16. The van der Waals surface area contributed by atoms with Crippen LogP contribution in [0.25, 0.3) is 0 Å². The molecule has 0 aromatic heterocycles. The number of amidine groups is 1. The standard InChI is InChI=1S/C14H18Cl2N2S/c1-14(2,3)7-10-8-17-13(19-10)18-12-6-9(15)4-5-11(12)16/h4-6,10H,7-8H2,1-3H3,(H,17,18). The number of thioether (sulfide) groups is 1. The third-order valence-corrected chi connectivity index (χ3v) is 4.40. The molecule has 104 valence electrons. The van der Waals surface area contributed by atoms with Gasteiger partial charge in [0.25, 0.3) is 0 Å². The molecular formula is C14H18Cl2N2S. The van der Waals surface area contributed by atoms with Gasteiger partial charge in [0.1, 0.15) is 0 Å². The number of nitrogens with zero attached hydrogens (tertiary/aromatic N) is 1. The number of benzene rings is 1. The molecule has 1 unspecified atom stereocenters. The molecule has 2 rings (SSSR count). The molecule has 1 N–H and O–H groups in total. The van der Waals surface area contributed by atoms with Gasteiger partial charge in [0.15, 0.2) is 5.17 Å². The van der Waals surface area contributed by atoms with E-state index in [0.717, 1.165) is 23.8 Å². The Hall–Kier alpha value is -0.380. The Kier molecular flexibility index (Phi) is 4.70. The minimum absolute atomic E-state index is 0.330. The molecule has 19 heavy (non-hydrogen) atoms. The number of halogens is 2. The first kappa shape index (κ1) is 15.0. The van der Waals surface area contributed by atoms with Gasteiger partial charge in [0, 0.05) is 10.3 Å². The van der Waals surface area contributed by atoms with Gasteiger partial charge >= 0.3 is 0 Å². The highest BCUT2D eigenvalue weighted by molar-refractivity contribution is 8.15. The molecule has 0 amide bonds. The van der Waals surface area contributed by atoms with Gasteiger partial charge in [-0.05, 0) is 30.0 Å². The number of anilines is 1. The van der Waals surface area contributed by atoms with E-state index in [0.29, 0.717) is 20.7 Å². The first-order valence-electron chi connectivity index (χ1n) is 6.27. The van der Waals surface area contributed by atoms with E-state index < -0.39 is 0 Å². The lowest BCUT2D eigenvalue weighted by molar-refractivity contribution is 0.375. The van der Waals surface area contributed by atoms with Crippen molar-refractivity contribution in [2.75, 3.05) is 11.9 Å². The average molecular weight is 317 g/mol. The Morgan fingerprint density at radius 1 is 1.37 bits per heavy atom. The van der Waals surface area contributed by atoms with Crippen molar-refractivity contribution in [2.24, 2.45) is 10.4 Å². The summed E-state index contributed by atoms with van der Waals surface area (Å²) in [7, 11) is 0. The largest absolute Gasteiger partial charge is 0.334 e. The second-order valence-electron chi connectivity index (χ2n) is 5.90. The van der Waals surface area contributed by atoms with Crippen LogP contribution < -0.4 is 5.32 Å². The number of hydrogen-bond donors (Lipinski definition) is 1. The summed E-state index contributed by atoms with van der Waals surface area (Å²) in [5, 5.41) is 6.06. The monoisotopic (exact) mass is 316 g/mol. The van der Waals surface area contributed by atoms with Crippen LogP contribution in [0.4, 0.5) is 5.69 Å². The van der Waals surface area contributed by atoms with E-state index in [2.05, 4.69) is 31.1 Å². The van der Waals surface area contributed by atoms with Crippen molar-refractivity contribution < 1.29 is 0 Å². The number of aliphatic imine (C=N–C) groups is 1. The smallest absolute Gasteiger partial charge is 0.161 e. The highest BCUT2D eigenvalue weighted by atomic mass is 35.5. The van der Waals surface area contributed by atoms with Crippen molar-refractivity contribution in [1.29, 1.82) is 0 Å². The van der Waals surface area contributed by atoms with Crippen LogP contribution in [0.15, 0.2) is 23.2 Å². The summed E-state index contributed by atoms with van der Waals surface area (Å²) in [6, 6.07) is 5.39. The Morgan fingerprint density at radius 3 is 2.79 bits per heavy atom. The van der Waals surface area contributed by atoms with Gasteiger partial charge < -0.3 is 5.32 Å². The van der Waals surface area contributed by atoms with Gasteiger partial charge in [-0.15, -0.1) is 0 Å². The van der Waals surface area contributed by atoms with E-state index in [4.69, 9.17) is 23.2 Å². The van der Waals surface area contributed by atoms with E-state index in [1.165, 1.54) is 0 Å². The van der Waals surface area contributed by atoms with E-state index in [9.17, 15) is 0 Å². The molecule has 1 aliphatic heterocycles. The fraction of sp³-hybridized carbons (Fsp3) is 0.500. The molecule has 0 fully saturated rings. The summed E-state index contributed by atoms with van der Waals surface area (Å²) in [5.74, 6) is 0. The van der Waals surface area contributed by atoms with Crippen molar-refractivity contribution in [3.05, 3.63) is 28.2 Å². The maximum Gasteiger partial charge on any atom is 0.161 e. The van der Waals surface area contributed by atoms with Gasteiger partial charge in [-0.25, -0.2) is 0 Å². The van der Waals surface area contributed by atoms with Crippen molar-refractivity contribution in [3.63, 3.8) is 0 Å². The van der Waals surface area contributed by atoms with Gasteiger partial charge in [-0.2, -0.15) is 0 Å². The summed E-state index contributed by atoms with van der Waals surface area (Å²) in [4.78, 5) is 4.53. The van der Waals surface area contributed by atoms with E-state index in [-0.39, 0.29) is 0 Å². The van der Waals surface area contributed by atoms with Gasteiger partial charge in [-0.1, -0.05) is 55.7 Å². The summed E-state index contributed by atoms with van der Waals surface area (Å²) in [5.41, 5.74) is 1.15. The highest BCUT2D eigenvalue weighted by Gasteiger charge is 2.25. The summed E-state index contributed by atoms with van der Waals surface area (Å²) in [6.07, 6.45) is 1.15. The van der Waals surface area contributed by atoms with Crippen molar-refractivity contribution in [3.8, 4) is 0 Å². The van der Waals surface area contributed by atoms with Crippen LogP contribution in [-0.4, -0.2) is 17.0 Å². The molecule has 0 radical (unpaired) electrons. The zero-order valence-electron chi connectivity index (χ0n) is 11.3.